The summed E-state index contributed by atoms with van der Waals surface area (Å²) in [6.07, 6.45) is 0. The van der Waals surface area contributed by atoms with Crippen molar-refractivity contribution in [2.45, 2.75) is 20.8 Å². The lowest BCUT2D eigenvalue weighted by Gasteiger charge is -2.19. The fourth-order valence-corrected chi connectivity index (χ4v) is 3.30. The number of ether oxygens (including phenoxy) is 1. The molecule has 0 amide bonds. The first kappa shape index (κ1) is 20.8. The highest BCUT2D eigenvalue weighted by Gasteiger charge is 2.06. The molecule has 3 aromatic carbocycles. The van der Waals surface area contributed by atoms with E-state index in [0.29, 0.717) is 6.61 Å². The van der Waals surface area contributed by atoms with E-state index in [4.69, 9.17) is 4.74 Å². The Balaban J connectivity index is 1.77. The molecular formula is C24H30N4O. The maximum atomic E-state index is 5.47. The molecule has 5 nitrogen and oxygen atoms in total. The standard InChI is InChI=1S/C24H30N4O/c1-4-28(5-2)18-17-25-23-15-16-24(22-10-8-7-9-21(22)23)27-26-19-11-13-20(14-12-19)29-6-3/h7-16,25H,4-6,17-18H2,1-3H3. The second kappa shape index (κ2) is 10.6. The largest absolute Gasteiger partial charge is 0.494 e. The molecule has 3 rings (SSSR count). The van der Waals surface area contributed by atoms with Gasteiger partial charge in [-0.25, -0.2) is 0 Å². The van der Waals surface area contributed by atoms with E-state index in [1.165, 1.54) is 0 Å². The molecule has 152 valence electrons. The van der Waals surface area contributed by atoms with Crippen LogP contribution in [0.5, 0.6) is 5.75 Å². The monoisotopic (exact) mass is 390 g/mol. The summed E-state index contributed by atoms with van der Waals surface area (Å²) in [5.41, 5.74) is 2.80. The first-order chi connectivity index (χ1) is 14.2. The van der Waals surface area contributed by atoms with Crippen molar-refractivity contribution in [3.8, 4) is 5.75 Å². The molecule has 0 unspecified atom stereocenters. The summed E-state index contributed by atoms with van der Waals surface area (Å²) in [5.74, 6) is 0.844. The summed E-state index contributed by atoms with van der Waals surface area (Å²) in [6.45, 7) is 11.1. The van der Waals surface area contributed by atoms with Gasteiger partial charge in [0.2, 0.25) is 0 Å². The number of azo groups is 1. The Morgan fingerprint density at radius 3 is 2.24 bits per heavy atom. The van der Waals surface area contributed by atoms with Crippen molar-refractivity contribution in [1.29, 1.82) is 0 Å². The van der Waals surface area contributed by atoms with E-state index in [9.17, 15) is 0 Å². The lowest BCUT2D eigenvalue weighted by atomic mass is 10.1. The minimum Gasteiger partial charge on any atom is -0.494 e. The molecule has 0 fully saturated rings. The number of fused-ring (bicyclic) bond motifs is 1. The summed E-state index contributed by atoms with van der Waals surface area (Å²) in [5, 5.41) is 14.7. The number of rotatable bonds is 10. The van der Waals surface area contributed by atoms with Gasteiger partial charge in [0.15, 0.2) is 0 Å². The van der Waals surface area contributed by atoms with Gasteiger partial charge in [-0.15, -0.1) is 5.11 Å². The van der Waals surface area contributed by atoms with Crippen molar-refractivity contribution in [2.24, 2.45) is 10.2 Å². The molecule has 0 heterocycles. The van der Waals surface area contributed by atoms with Gasteiger partial charge < -0.3 is 15.0 Å². The van der Waals surface area contributed by atoms with Gasteiger partial charge in [-0.1, -0.05) is 38.1 Å². The van der Waals surface area contributed by atoms with Gasteiger partial charge in [0.1, 0.15) is 5.75 Å². The fraction of sp³-hybridized carbons (Fsp3) is 0.333. The Kier molecular flexibility index (Phi) is 7.59. The van der Waals surface area contributed by atoms with Crippen LogP contribution in [0.15, 0.2) is 70.9 Å². The van der Waals surface area contributed by atoms with Crippen molar-refractivity contribution >= 4 is 27.8 Å². The van der Waals surface area contributed by atoms with Crippen LogP contribution in [-0.4, -0.2) is 37.7 Å². The quantitative estimate of drug-likeness (QED) is 0.407. The SMILES string of the molecule is CCOc1ccc(N=Nc2ccc(NCCN(CC)CC)c3ccccc23)cc1. The number of anilines is 1. The molecule has 1 N–H and O–H groups in total. The zero-order valence-corrected chi connectivity index (χ0v) is 17.6. The van der Waals surface area contributed by atoms with E-state index in [0.717, 1.165) is 59.8 Å². The molecule has 5 heteroatoms. The minimum absolute atomic E-state index is 0.655. The zero-order valence-electron chi connectivity index (χ0n) is 17.6. The van der Waals surface area contributed by atoms with Crippen LogP contribution in [0.1, 0.15) is 20.8 Å². The molecule has 0 aromatic heterocycles. The van der Waals surface area contributed by atoms with Crippen LogP contribution in [-0.2, 0) is 0 Å². The molecule has 0 saturated carbocycles. The van der Waals surface area contributed by atoms with Crippen LogP contribution in [0.4, 0.5) is 17.1 Å². The Morgan fingerprint density at radius 1 is 0.828 bits per heavy atom. The minimum atomic E-state index is 0.655. The Morgan fingerprint density at radius 2 is 1.55 bits per heavy atom. The van der Waals surface area contributed by atoms with Crippen molar-refractivity contribution < 1.29 is 4.74 Å². The first-order valence-electron chi connectivity index (χ1n) is 10.4. The van der Waals surface area contributed by atoms with E-state index < -0.39 is 0 Å². The van der Waals surface area contributed by atoms with Crippen molar-refractivity contribution in [1.82, 2.24) is 4.90 Å². The number of benzene rings is 3. The third-order valence-electron chi connectivity index (χ3n) is 4.96. The molecule has 0 spiro atoms. The number of nitrogens with one attached hydrogen (secondary N) is 1. The lowest BCUT2D eigenvalue weighted by molar-refractivity contribution is 0.316. The Bertz CT molecular complexity index is 933. The van der Waals surface area contributed by atoms with Gasteiger partial charge in [-0.2, -0.15) is 5.11 Å². The average molecular weight is 391 g/mol. The van der Waals surface area contributed by atoms with Gasteiger partial charge in [-0.3, -0.25) is 0 Å². The lowest BCUT2D eigenvalue weighted by Crippen LogP contribution is -2.28. The van der Waals surface area contributed by atoms with Crippen molar-refractivity contribution in [3.05, 3.63) is 60.7 Å². The van der Waals surface area contributed by atoms with Gasteiger partial charge in [0, 0.05) is 29.5 Å². The Hall–Kier alpha value is -2.92. The topological polar surface area (TPSA) is 49.2 Å². The maximum Gasteiger partial charge on any atom is 0.119 e. The van der Waals surface area contributed by atoms with E-state index in [1.54, 1.807) is 0 Å². The van der Waals surface area contributed by atoms with Crippen LogP contribution in [0, 0.1) is 0 Å². The number of likely N-dealkylation sites (N-methyl/N-ethyl adjacent to an activating group) is 1. The Labute approximate surface area is 173 Å². The second-order valence-corrected chi connectivity index (χ2v) is 6.76. The highest BCUT2D eigenvalue weighted by Crippen LogP contribution is 2.33. The summed E-state index contributed by atoms with van der Waals surface area (Å²) in [7, 11) is 0. The fourth-order valence-electron chi connectivity index (χ4n) is 3.30. The number of nitrogens with zero attached hydrogens (tertiary/aromatic N) is 3. The molecule has 0 bridgehead atoms. The van der Waals surface area contributed by atoms with Gasteiger partial charge >= 0.3 is 0 Å². The number of hydrogen-bond donors (Lipinski definition) is 1. The predicted molar refractivity (Wildman–Crippen MR) is 122 cm³/mol. The third kappa shape index (κ3) is 5.55. The maximum absolute atomic E-state index is 5.47. The summed E-state index contributed by atoms with van der Waals surface area (Å²) in [4.78, 5) is 2.41. The van der Waals surface area contributed by atoms with Crippen molar-refractivity contribution in [3.63, 3.8) is 0 Å². The summed E-state index contributed by atoms with van der Waals surface area (Å²) < 4.78 is 5.47. The molecule has 0 radical (unpaired) electrons. The van der Waals surface area contributed by atoms with Gasteiger partial charge in [-0.05, 0) is 56.4 Å². The third-order valence-corrected chi connectivity index (χ3v) is 4.96. The molecular weight excluding hydrogens is 360 g/mol. The molecule has 3 aromatic rings. The second-order valence-electron chi connectivity index (χ2n) is 6.76. The summed E-state index contributed by atoms with van der Waals surface area (Å²) >= 11 is 0. The van der Waals surface area contributed by atoms with E-state index in [2.05, 4.69) is 58.6 Å². The van der Waals surface area contributed by atoms with Crippen LogP contribution in [0.25, 0.3) is 10.8 Å². The normalized spacial score (nSPS) is 11.4. The smallest absolute Gasteiger partial charge is 0.119 e. The van der Waals surface area contributed by atoms with Gasteiger partial charge in [0.05, 0.1) is 18.0 Å². The number of hydrogen-bond acceptors (Lipinski definition) is 5. The van der Waals surface area contributed by atoms with E-state index in [-0.39, 0.29) is 0 Å². The molecule has 0 aliphatic heterocycles. The average Bonchev–Trinajstić information content (AvgIpc) is 2.77. The molecule has 0 atom stereocenters. The van der Waals surface area contributed by atoms with Crippen LogP contribution in [0.2, 0.25) is 0 Å². The highest BCUT2D eigenvalue weighted by atomic mass is 16.5. The molecule has 0 saturated heterocycles. The van der Waals surface area contributed by atoms with Gasteiger partial charge in [0.25, 0.3) is 0 Å². The van der Waals surface area contributed by atoms with E-state index in [1.807, 2.05) is 43.3 Å². The zero-order chi connectivity index (χ0) is 20.5. The predicted octanol–water partition coefficient (Wildman–Crippen LogP) is 6.41. The van der Waals surface area contributed by atoms with Crippen molar-refractivity contribution in [2.75, 3.05) is 38.1 Å². The highest BCUT2D eigenvalue weighted by molar-refractivity contribution is 6.00. The molecule has 0 aliphatic carbocycles. The molecule has 29 heavy (non-hydrogen) atoms. The van der Waals surface area contributed by atoms with Crippen LogP contribution >= 0.6 is 0 Å². The first-order valence-corrected chi connectivity index (χ1v) is 10.4. The van der Waals surface area contributed by atoms with Crippen LogP contribution in [0.3, 0.4) is 0 Å². The summed E-state index contributed by atoms with van der Waals surface area (Å²) in [6, 6.07) is 20.1. The van der Waals surface area contributed by atoms with E-state index >= 15 is 0 Å². The van der Waals surface area contributed by atoms with Crippen LogP contribution < -0.4 is 10.1 Å². The molecule has 0 aliphatic rings.